The summed E-state index contributed by atoms with van der Waals surface area (Å²) in [5, 5.41) is 0.907. The Kier molecular flexibility index (Phi) is 6.84. The van der Waals surface area contributed by atoms with E-state index >= 15 is 0 Å². The molecule has 2 heterocycles. The number of carbonyl (C=O) groups is 1. The summed E-state index contributed by atoms with van der Waals surface area (Å²) in [6, 6.07) is 16.5. The lowest BCUT2D eigenvalue weighted by molar-refractivity contribution is 0.0746. The molecule has 5 nitrogen and oxygen atoms in total. The molecule has 32 heavy (non-hydrogen) atoms. The smallest absolute Gasteiger partial charge is 0.255 e. The standard InChI is InChI=1S/C25H21Cl2N3O2/c1-32-21-4-2-3-18(15-21)5-6-19-7-10-24(28-17-19)29-11-13-30(14-12-29)25(31)22-16-20(26)8-9-23(22)27/h2-4,7-10,15-17H,11-14H2,1H3. The number of halogens is 2. The molecule has 7 heteroatoms. The molecule has 0 N–H and O–H groups in total. The highest BCUT2D eigenvalue weighted by molar-refractivity contribution is 6.35. The van der Waals surface area contributed by atoms with E-state index in [4.69, 9.17) is 27.9 Å². The van der Waals surface area contributed by atoms with Crippen molar-refractivity contribution in [3.8, 4) is 17.6 Å². The number of hydrogen-bond donors (Lipinski definition) is 0. The number of ether oxygens (including phenoxy) is 1. The maximum absolute atomic E-state index is 12.8. The second-order valence-electron chi connectivity index (χ2n) is 7.29. The minimum Gasteiger partial charge on any atom is -0.497 e. The van der Waals surface area contributed by atoms with Gasteiger partial charge in [0, 0.05) is 48.5 Å². The van der Waals surface area contributed by atoms with Crippen LogP contribution >= 0.6 is 23.2 Å². The van der Waals surface area contributed by atoms with Crippen LogP contribution in [0.2, 0.25) is 10.0 Å². The molecule has 0 saturated carbocycles. The average molecular weight is 466 g/mol. The molecule has 0 aliphatic carbocycles. The quantitative estimate of drug-likeness (QED) is 0.523. The Morgan fingerprint density at radius 3 is 2.47 bits per heavy atom. The number of piperazine rings is 1. The highest BCUT2D eigenvalue weighted by Crippen LogP contribution is 2.23. The number of rotatable bonds is 3. The second-order valence-corrected chi connectivity index (χ2v) is 8.13. The fraction of sp³-hybridized carbons (Fsp3) is 0.200. The summed E-state index contributed by atoms with van der Waals surface area (Å²) in [4.78, 5) is 21.3. The first-order valence-corrected chi connectivity index (χ1v) is 10.9. The van der Waals surface area contributed by atoms with Crippen molar-refractivity contribution in [2.45, 2.75) is 0 Å². The number of hydrogen-bond acceptors (Lipinski definition) is 4. The van der Waals surface area contributed by atoms with Crippen LogP contribution in [0.5, 0.6) is 5.75 Å². The van der Waals surface area contributed by atoms with Crippen LogP contribution in [-0.4, -0.2) is 49.1 Å². The van der Waals surface area contributed by atoms with Crippen molar-refractivity contribution in [2.75, 3.05) is 38.2 Å². The van der Waals surface area contributed by atoms with Gasteiger partial charge in [-0.2, -0.15) is 0 Å². The van der Waals surface area contributed by atoms with Crippen molar-refractivity contribution >= 4 is 34.9 Å². The van der Waals surface area contributed by atoms with Gasteiger partial charge in [-0.3, -0.25) is 4.79 Å². The zero-order chi connectivity index (χ0) is 22.5. The maximum Gasteiger partial charge on any atom is 0.255 e. The second kappa shape index (κ2) is 9.95. The largest absolute Gasteiger partial charge is 0.497 e. The Hall–Kier alpha value is -3.20. The number of amides is 1. The molecule has 1 amide bonds. The van der Waals surface area contributed by atoms with E-state index in [9.17, 15) is 4.79 Å². The molecule has 0 unspecified atom stereocenters. The van der Waals surface area contributed by atoms with Crippen LogP contribution < -0.4 is 9.64 Å². The fourth-order valence-corrected chi connectivity index (χ4v) is 3.83. The van der Waals surface area contributed by atoms with Crippen molar-refractivity contribution in [2.24, 2.45) is 0 Å². The van der Waals surface area contributed by atoms with Gasteiger partial charge in [0.1, 0.15) is 11.6 Å². The topological polar surface area (TPSA) is 45.7 Å². The van der Waals surface area contributed by atoms with Crippen LogP contribution in [-0.2, 0) is 0 Å². The van der Waals surface area contributed by atoms with E-state index in [1.165, 1.54) is 0 Å². The summed E-state index contributed by atoms with van der Waals surface area (Å²) >= 11 is 12.2. The molecule has 0 atom stereocenters. The van der Waals surface area contributed by atoms with Gasteiger partial charge in [0.15, 0.2) is 0 Å². The van der Waals surface area contributed by atoms with E-state index in [0.717, 1.165) is 22.7 Å². The van der Waals surface area contributed by atoms with E-state index in [-0.39, 0.29) is 5.91 Å². The van der Waals surface area contributed by atoms with Crippen LogP contribution in [0.15, 0.2) is 60.8 Å². The summed E-state index contributed by atoms with van der Waals surface area (Å²) in [5.74, 6) is 7.80. The van der Waals surface area contributed by atoms with Gasteiger partial charge in [-0.25, -0.2) is 4.98 Å². The van der Waals surface area contributed by atoms with Crippen molar-refractivity contribution in [3.05, 3.63) is 87.5 Å². The first-order valence-electron chi connectivity index (χ1n) is 10.1. The highest BCUT2D eigenvalue weighted by Gasteiger charge is 2.24. The van der Waals surface area contributed by atoms with E-state index in [1.807, 2.05) is 36.4 Å². The predicted octanol–water partition coefficient (Wildman–Crippen LogP) is 4.76. The van der Waals surface area contributed by atoms with Gasteiger partial charge < -0.3 is 14.5 Å². The summed E-state index contributed by atoms with van der Waals surface area (Å²) in [6.45, 7) is 2.54. The molecular formula is C25H21Cl2N3O2. The van der Waals surface area contributed by atoms with Crippen molar-refractivity contribution in [3.63, 3.8) is 0 Å². The van der Waals surface area contributed by atoms with Crippen molar-refractivity contribution in [1.82, 2.24) is 9.88 Å². The van der Waals surface area contributed by atoms with Gasteiger partial charge in [-0.05, 0) is 48.5 Å². The highest BCUT2D eigenvalue weighted by atomic mass is 35.5. The van der Waals surface area contributed by atoms with Crippen LogP contribution in [0.3, 0.4) is 0 Å². The normalized spacial score (nSPS) is 13.3. The fourth-order valence-electron chi connectivity index (χ4n) is 3.46. The number of aromatic nitrogens is 1. The summed E-state index contributed by atoms with van der Waals surface area (Å²) in [6.07, 6.45) is 1.77. The van der Waals surface area contributed by atoms with Gasteiger partial charge in [-0.1, -0.05) is 41.1 Å². The molecule has 1 fully saturated rings. The lowest BCUT2D eigenvalue weighted by Crippen LogP contribution is -2.49. The molecule has 1 aliphatic rings. The monoisotopic (exact) mass is 465 g/mol. The molecule has 0 bridgehead atoms. The minimum absolute atomic E-state index is 0.103. The third-order valence-corrected chi connectivity index (χ3v) is 5.78. The van der Waals surface area contributed by atoms with Gasteiger partial charge in [0.25, 0.3) is 5.91 Å². The molecule has 0 spiro atoms. The molecule has 1 aliphatic heterocycles. The lowest BCUT2D eigenvalue weighted by Gasteiger charge is -2.35. The number of nitrogens with zero attached hydrogens (tertiary/aromatic N) is 3. The maximum atomic E-state index is 12.8. The Bertz CT molecular complexity index is 1180. The number of benzene rings is 2. The zero-order valence-corrected chi connectivity index (χ0v) is 19.0. The van der Waals surface area contributed by atoms with Gasteiger partial charge >= 0.3 is 0 Å². The molecule has 162 valence electrons. The minimum atomic E-state index is -0.103. The average Bonchev–Trinajstić information content (AvgIpc) is 2.84. The van der Waals surface area contributed by atoms with Crippen molar-refractivity contribution in [1.29, 1.82) is 0 Å². The molecule has 1 aromatic heterocycles. The first kappa shape index (κ1) is 22.0. The first-order chi connectivity index (χ1) is 15.5. The Labute approximate surface area is 197 Å². The number of methoxy groups -OCH3 is 1. The summed E-state index contributed by atoms with van der Waals surface area (Å²) in [7, 11) is 1.64. The Morgan fingerprint density at radius 2 is 1.75 bits per heavy atom. The molecule has 0 radical (unpaired) electrons. The van der Waals surface area contributed by atoms with Crippen LogP contribution in [0.4, 0.5) is 5.82 Å². The van der Waals surface area contributed by atoms with E-state index in [1.54, 1.807) is 36.4 Å². The molecule has 2 aromatic carbocycles. The Morgan fingerprint density at radius 1 is 0.969 bits per heavy atom. The zero-order valence-electron chi connectivity index (χ0n) is 17.5. The predicted molar refractivity (Wildman–Crippen MR) is 128 cm³/mol. The molecule has 3 aromatic rings. The third kappa shape index (κ3) is 5.16. The molecular weight excluding hydrogens is 445 g/mol. The Balaban J connectivity index is 1.37. The van der Waals surface area contributed by atoms with E-state index < -0.39 is 0 Å². The number of anilines is 1. The van der Waals surface area contributed by atoms with Crippen LogP contribution in [0.1, 0.15) is 21.5 Å². The number of carbonyl (C=O) groups excluding carboxylic acids is 1. The van der Waals surface area contributed by atoms with Crippen molar-refractivity contribution < 1.29 is 9.53 Å². The van der Waals surface area contributed by atoms with Gasteiger partial charge in [-0.15, -0.1) is 0 Å². The summed E-state index contributed by atoms with van der Waals surface area (Å²) < 4.78 is 5.23. The lowest BCUT2D eigenvalue weighted by atomic mass is 10.1. The summed E-state index contributed by atoms with van der Waals surface area (Å²) in [5.41, 5.74) is 2.15. The van der Waals surface area contributed by atoms with Crippen LogP contribution in [0, 0.1) is 11.8 Å². The molecule has 1 saturated heterocycles. The van der Waals surface area contributed by atoms with E-state index in [2.05, 4.69) is 21.7 Å². The SMILES string of the molecule is COc1cccc(C#Cc2ccc(N3CCN(C(=O)c4cc(Cl)ccc4Cl)CC3)nc2)c1. The van der Waals surface area contributed by atoms with Gasteiger partial charge in [0.05, 0.1) is 17.7 Å². The third-order valence-electron chi connectivity index (χ3n) is 5.22. The number of pyridine rings is 1. The molecule has 4 rings (SSSR count). The van der Waals surface area contributed by atoms with E-state index in [0.29, 0.717) is 41.8 Å². The van der Waals surface area contributed by atoms with Gasteiger partial charge in [0.2, 0.25) is 0 Å². The van der Waals surface area contributed by atoms with Crippen LogP contribution in [0.25, 0.3) is 0 Å².